The Morgan fingerprint density at radius 2 is 2.08 bits per heavy atom. The highest BCUT2D eigenvalue weighted by Crippen LogP contribution is 2.29. The first kappa shape index (κ1) is 8.99. The summed E-state index contributed by atoms with van der Waals surface area (Å²) in [5, 5.41) is 17.2. The Kier molecular flexibility index (Phi) is 2.32. The lowest BCUT2D eigenvalue weighted by atomic mass is 9.96. The molecule has 0 amide bonds. The summed E-state index contributed by atoms with van der Waals surface area (Å²) in [4.78, 5) is 21.0. The van der Waals surface area contributed by atoms with Crippen LogP contribution in [0.3, 0.4) is 0 Å². The summed E-state index contributed by atoms with van der Waals surface area (Å²) >= 11 is 0. The molecule has 5 nitrogen and oxygen atoms in total. The molecule has 0 spiro atoms. The molecule has 0 aromatic rings. The second-order valence-corrected chi connectivity index (χ2v) is 2.82. The van der Waals surface area contributed by atoms with Crippen molar-refractivity contribution in [3.63, 3.8) is 0 Å². The van der Waals surface area contributed by atoms with Crippen molar-refractivity contribution < 1.29 is 24.5 Å². The Bertz CT molecular complexity index is 204. The van der Waals surface area contributed by atoms with Crippen LogP contribution in [0.5, 0.6) is 0 Å². The van der Waals surface area contributed by atoms with Crippen LogP contribution in [0.4, 0.5) is 0 Å². The Morgan fingerprint density at radius 3 is 2.42 bits per heavy atom. The summed E-state index contributed by atoms with van der Waals surface area (Å²) < 4.78 is 4.93. The molecule has 1 aliphatic rings. The highest BCUT2D eigenvalue weighted by atomic mass is 16.5. The Balaban J connectivity index is 2.72. The molecular formula is C7H10O5. The van der Waals surface area contributed by atoms with E-state index < -0.39 is 24.0 Å². The molecule has 0 bridgehead atoms. The van der Waals surface area contributed by atoms with Gasteiger partial charge >= 0.3 is 11.9 Å². The number of ether oxygens (including phenoxy) is 1. The number of hydrogen-bond donors (Lipinski definition) is 2. The first-order valence-corrected chi connectivity index (χ1v) is 3.66. The lowest BCUT2D eigenvalue weighted by molar-refractivity contribution is -0.166. The van der Waals surface area contributed by atoms with E-state index in [0.29, 0.717) is 13.0 Å². The monoisotopic (exact) mass is 174 g/mol. The molecule has 0 aliphatic carbocycles. The maximum absolute atomic E-state index is 10.7. The van der Waals surface area contributed by atoms with Crippen LogP contribution in [0.2, 0.25) is 0 Å². The quantitative estimate of drug-likeness (QED) is 0.633. The van der Waals surface area contributed by atoms with E-state index in [1.54, 1.807) is 0 Å². The fourth-order valence-electron chi connectivity index (χ4n) is 1.33. The summed E-state index contributed by atoms with van der Waals surface area (Å²) in [5.74, 6) is -2.32. The zero-order valence-corrected chi connectivity index (χ0v) is 6.45. The number of rotatable bonds is 3. The van der Waals surface area contributed by atoms with Crippen LogP contribution in [0.15, 0.2) is 0 Å². The topological polar surface area (TPSA) is 83.8 Å². The third-order valence-corrected chi connectivity index (χ3v) is 1.93. The standard InChI is InChI=1S/C7H10O5/c8-5(9)4-7(6(10)11)2-1-3-12-7/h1-4H2,(H,8,9)(H,10,11). The highest BCUT2D eigenvalue weighted by molar-refractivity contribution is 5.84. The maximum Gasteiger partial charge on any atom is 0.336 e. The van der Waals surface area contributed by atoms with Gasteiger partial charge in [-0.3, -0.25) is 4.79 Å². The number of aliphatic carboxylic acids is 2. The van der Waals surface area contributed by atoms with E-state index >= 15 is 0 Å². The van der Waals surface area contributed by atoms with Crippen LogP contribution in [0, 0.1) is 0 Å². The summed E-state index contributed by atoms with van der Waals surface area (Å²) in [5.41, 5.74) is -1.47. The van der Waals surface area contributed by atoms with Gasteiger partial charge in [0.05, 0.1) is 6.42 Å². The van der Waals surface area contributed by atoms with E-state index in [0.717, 1.165) is 0 Å². The van der Waals surface area contributed by atoms with Gasteiger partial charge in [-0.1, -0.05) is 0 Å². The number of hydrogen-bond acceptors (Lipinski definition) is 3. The molecule has 1 heterocycles. The Hall–Kier alpha value is -1.10. The number of carboxylic acid groups (broad SMARTS) is 2. The smallest absolute Gasteiger partial charge is 0.336 e. The van der Waals surface area contributed by atoms with Crippen molar-refractivity contribution in [2.45, 2.75) is 24.9 Å². The number of carboxylic acids is 2. The van der Waals surface area contributed by atoms with Gasteiger partial charge in [0.1, 0.15) is 0 Å². The largest absolute Gasteiger partial charge is 0.481 e. The molecule has 1 saturated heterocycles. The minimum absolute atomic E-state index is 0.286. The summed E-state index contributed by atoms with van der Waals surface area (Å²) in [6, 6.07) is 0. The van der Waals surface area contributed by atoms with Gasteiger partial charge in [-0.15, -0.1) is 0 Å². The SMILES string of the molecule is O=C(O)CC1(C(=O)O)CCCO1. The van der Waals surface area contributed by atoms with Crippen LogP contribution in [0.25, 0.3) is 0 Å². The molecule has 0 radical (unpaired) electrons. The van der Waals surface area contributed by atoms with Crippen LogP contribution >= 0.6 is 0 Å². The molecule has 1 rings (SSSR count). The van der Waals surface area contributed by atoms with Crippen molar-refractivity contribution >= 4 is 11.9 Å². The minimum atomic E-state index is -1.47. The van der Waals surface area contributed by atoms with E-state index in [4.69, 9.17) is 14.9 Å². The average Bonchev–Trinajstić information content (AvgIpc) is 2.35. The van der Waals surface area contributed by atoms with E-state index in [2.05, 4.69) is 0 Å². The number of carbonyl (C=O) groups is 2. The molecule has 0 aromatic heterocycles. The molecule has 1 aliphatic heterocycles. The van der Waals surface area contributed by atoms with Gasteiger partial charge in [-0.2, -0.15) is 0 Å². The van der Waals surface area contributed by atoms with Gasteiger partial charge in [0.2, 0.25) is 0 Å². The second-order valence-electron chi connectivity index (χ2n) is 2.82. The van der Waals surface area contributed by atoms with Gasteiger partial charge in [0.25, 0.3) is 0 Å². The summed E-state index contributed by atoms with van der Waals surface area (Å²) in [7, 11) is 0. The van der Waals surface area contributed by atoms with Crippen molar-refractivity contribution in [2.75, 3.05) is 6.61 Å². The third-order valence-electron chi connectivity index (χ3n) is 1.93. The fourth-order valence-corrected chi connectivity index (χ4v) is 1.33. The lowest BCUT2D eigenvalue weighted by Gasteiger charge is -2.20. The third kappa shape index (κ3) is 1.55. The first-order valence-electron chi connectivity index (χ1n) is 3.66. The summed E-state index contributed by atoms with van der Waals surface area (Å²) in [6.45, 7) is 0.333. The normalized spacial score (nSPS) is 28.7. The van der Waals surface area contributed by atoms with Crippen molar-refractivity contribution in [1.82, 2.24) is 0 Å². The molecule has 0 saturated carbocycles. The Morgan fingerprint density at radius 1 is 1.42 bits per heavy atom. The zero-order chi connectivity index (χ0) is 9.19. The van der Waals surface area contributed by atoms with E-state index in [1.165, 1.54) is 0 Å². The maximum atomic E-state index is 10.7. The second kappa shape index (κ2) is 3.10. The van der Waals surface area contributed by atoms with Crippen LogP contribution in [0.1, 0.15) is 19.3 Å². The van der Waals surface area contributed by atoms with Crippen LogP contribution < -0.4 is 0 Å². The zero-order valence-electron chi connectivity index (χ0n) is 6.45. The molecule has 2 N–H and O–H groups in total. The van der Waals surface area contributed by atoms with Gasteiger partial charge in [-0.05, 0) is 12.8 Å². The van der Waals surface area contributed by atoms with Gasteiger partial charge in [0.15, 0.2) is 5.60 Å². The molecule has 1 atom stereocenters. The van der Waals surface area contributed by atoms with E-state index in [-0.39, 0.29) is 6.42 Å². The molecule has 12 heavy (non-hydrogen) atoms. The summed E-state index contributed by atoms with van der Waals surface area (Å²) in [6.07, 6.45) is 0.441. The lowest BCUT2D eigenvalue weighted by Crippen LogP contribution is -2.39. The predicted molar refractivity (Wildman–Crippen MR) is 37.8 cm³/mol. The van der Waals surface area contributed by atoms with Crippen LogP contribution in [-0.4, -0.2) is 34.4 Å². The van der Waals surface area contributed by atoms with Gasteiger partial charge in [0, 0.05) is 6.61 Å². The molecule has 1 unspecified atom stereocenters. The average molecular weight is 174 g/mol. The van der Waals surface area contributed by atoms with Gasteiger partial charge in [-0.25, -0.2) is 4.79 Å². The highest BCUT2D eigenvalue weighted by Gasteiger charge is 2.44. The van der Waals surface area contributed by atoms with E-state index in [1.807, 2.05) is 0 Å². The Labute approximate surface area is 68.9 Å². The van der Waals surface area contributed by atoms with E-state index in [9.17, 15) is 9.59 Å². The molecule has 5 heteroatoms. The van der Waals surface area contributed by atoms with Crippen molar-refractivity contribution in [3.8, 4) is 0 Å². The van der Waals surface area contributed by atoms with Crippen molar-refractivity contribution in [1.29, 1.82) is 0 Å². The van der Waals surface area contributed by atoms with Gasteiger partial charge < -0.3 is 14.9 Å². The molecule has 68 valence electrons. The molecular weight excluding hydrogens is 164 g/mol. The molecule has 0 aromatic carbocycles. The minimum Gasteiger partial charge on any atom is -0.481 e. The predicted octanol–water partition coefficient (Wildman–Crippen LogP) is 0.0949. The van der Waals surface area contributed by atoms with Crippen molar-refractivity contribution in [3.05, 3.63) is 0 Å². The molecule has 1 fully saturated rings. The first-order chi connectivity index (χ1) is 5.57. The van der Waals surface area contributed by atoms with Crippen molar-refractivity contribution in [2.24, 2.45) is 0 Å². The van der Waals surface area contributed by atoms with Crippen LogP contribution in [-0.2, 0) is 14.3 Å². The fraction of sp³-hybridized carbons (Fsp3) is 0.714.